The summed E-state index contributed by atoms with van der Waals surface area (Å²) in [6, 6.07) is 13.8. The van der Waals surface area contributed by atoms with Crippen LogP contribution >= 0.6 is 31.9 Å². The van der Waals surface area contributed by atoms with Crippen LogP contribution in [-0.4, -0.2) is 35.9 Å². The molecule has 1 saturated heterocycles. The largest absolute Gasteiger partial charge is 0.463 e. The van der Waals surface area contributed by atoms with Gasteiger partial charge in [0, 0.05) is 14.5 Å². The van der Waals surface area contributed by atoms with E-state index < -0.39 is 23.9 Å². The molecule has 0 atom stereocenters. The van der Waals surface area contributed by atoms with Crippen LogP contribution in [0.4, 0.5) is 4.79 Å². The van der Waals surface area contributed by atoms with Crippen LogP contribution in [0.1, 0.15) is 32.2 Å². The highest BCUT2D eigenvalue weighted by Crippen LogP contribution is 2.28. The number of furan rings is 1. The molecule has 2 heterocycles. The molecule has 3 amide bonds. The van der Waals surface area contributed by atoms with Crippen LogP contribution in [0.25, 0.3) is 6.08 Å². The number of hydrogen-bond donors (Lipinski definition) is 1. The van der Waals surface area contributed by atoms with Crippen molar-refractivity contribution < 1.29 is 33.1 Å². The molecule has 0 saturated carbocycles. The average Bonchev–Trinajstić information content (AvgIpc) is 3.41. The number of nitrogens with one attached hydrogen (secondary N) is 1. The van der Waals surface area contributed by atoms with E-state index in [1.807, 2.05) is 0 Å². The van der Waals surface area contributed by atoms with Gasteiger partial charge < -0.3 is 19.2 Å². The van der Waals surface area contributed by atoms with Gasteiger partial charge in [0.2, 0.25) is 5.76 Å². The lowest BCUT2D eigenvalue weighted by Gasteiger charge is -2.10. The smallest absolute Gasteiger partial charge is 0.373 e. The third kappa shape index (κ3) is 5.52. The Bertz CT molecular complexity index is 1360. The van der Waals surface area contributed by atoms with Crippen molar-refractivity contribution in [2.45, 2.75) is 6.54 Å². The first-order valence-corrected chi connectivity index (χ1v) is 11.6. The molecule has 9 nitrogen and oxygen atoms in total. The summed E-state index contributed by atoms with van der Waals surface area (Å²) in [6.45, 7) is -0.192. The van der Waals surface area contributed by atoms with Crippen LogP contribution in [0.5, 0.6) is 5.75 Å². The summed E-state index contributed by atoms with van der Waals surface area (Å²) in [7, 11) is 1.21. The topological polar surface area (TPSA) is 115 Å². The zero-order valence-corrected chi connectivity index (χ0v) is 21.2. The molecular formula is C24H16Br2N2O7. The first kappa shape index (κ1) is 24.4. The maximum atomic E-state index is 12.9. The molecule has 1 N–H and O–H groups in total. The van der Waals surface area contributed by atoms with Crippen molar-refractivity contribution in [2.24, 2.45) is 0 Å². The Morgan fingerprint density at radius 2 is 1.71 bits per heavy atom. The highest BCUT2D eigenvalue weighted by atomic mass is 79.9. The molecule has 0 bridgehead atoms. The monoisotopic (exact) mass is 602 g/mol. The Balaban J connectivity index is 1.55. The van der Waals surface area contributed by atoms with Crippen molar-refractivity contribution in [3.05, 3.63) is 91.9 Å². The van der Waals surface area contributed by atoms with Gasteiger partial charge in [-0.2, -0.15) is 0 Å². The number of imide groups is 1. The third-order valence-corrected chi connectivity index (χ3v) is 5.90. The van der Waals surface area contributed by atoms with E-state index in [9.17, 15) is 19.2 Å². The van der Waals surface area contributed by atoms with Crippen LogP contribution in [0.3, 0.4) is 0 Å². The first-order valence-electron chi connectivity index (χ1n) is 10.0. The standard InChI is InChI=1S/C24H16Br2N2O7/c1-33-23(31)20-9-7-17(34-20)12-28-21(29)18(27-24(28)32)11-14-10-16(26)6-8-19(14)35-22(30)13-2-4-15(25)5-3-13/h2-11H,12H2,1H3,(H,27,32)/b18-11+. The highest BCUT2D eigenvalue weighted by Gasteiger charge is 2.34. The van der Waals surface area contributed by atoms with Crippen molar-refractivity contribution in [3.63, 3.8) is 0 Å². The Labute approximate surface area is 215 Å². The third-order valence-electron chi connectivity index (χ3n) is 4.88. The molecule has 1 aliphatic rings. The van der Waals surface area contributed by atoms with Crippen molar-refractivity contribution in [1.29, 1.82) is 0 Å². The van der Waals surface area contributed by atoms with Crippen LogP contribution in [0.15, 0.2) is 73.7 Å². The number of carbonyl (C=O) groups excluding carboxylic acids is 4. The zero-order valence-electron chi connectivity index (χ0n) is 18.0. The maximum absolute atomic E-state index is 12.9. The van der Waals surface area contributed by atoms with Crippen LogP contribution in [0.2, 0.25) is 0 Å². The van der Waals surface area contributed by atoms with E-state index in [1.54, 1.807) is 42.5 Å². The number of benzene rings is 2. The van der Waals surface area contributed by atoms with Gasteiger partial charge in [0.25, 0.3) is 5.91 Å². The molecule has 35 heavy (non-hydrogen) atoms. The van der Waals surface area contributed by atoms with Gasteiger partial charge in [-0.05, 0) is 60.7 Å². The summed E-state index contributed by atoms with van der Waals surface area (Å²) < 4.78 is 17.0. The summed E-state index contributed by atoms with van der Waals surface area (Å²) in [5, 5.41) is 2.51. The van der Waals surface area contributed by atoms with Gasteiger partial charge in [0.05, 0.1) is 19.2 Å². The molecule has 0 unspecified atom stereocenters. The van der Waals surface area contributed by atoms with Gasteiger partial charge in [-0.3, -0.25) is 9.69 Å². The maximum Gasteiger partial charge on any atom is 0.373 e. The molecule has 3 aromatic rings. The van der Waals surface area contributed by atoms with Crippen LogP contribution < -0.4 is 10.1 Å². The molecule has 1 aliphatic heterocycles. The second-order valence-corrected chi connectivity index (χ2v) is 9.05. The van der Waals surface area contributed by atoms with Gasteiger partial charge in [-0.25, -0.2) is 14.4 Å². The molecule has 0 aliphatic carbocycles. The summed E-state index contributed by atoms with van der Waals surface area (Å²) >= 11 is 6.67. The molecule has 2 aromatic carbocycles. The summed E-state index contributed by atoms with van der Waals surface area (Å²) in [5.74, 6) is -1.49. The molecule has 0 spiro atoms. The van der Waals surface area contributed by atoms with Crippen molar-refractivity contribution in [3.8, 4) is 5.75 Å². The fourth-order valence-corrected chi connectivity index (χ4v) is 3.81. The minimum atomic E-state index is -0.672. The molecule has 0 radical (unpaired) electrons. The minimum absolute atomic E-state index is 0.0196. The first-order chi connectivity index (χ1) is 16.7. The van der Waals surface area contributed by atoms with Crippen molar-refractivity contribution >= 4 is 61.8 Å². The van der Waals surface area contributed by atoms with Gasteiger partial charge >= 0.3 is 18.0 Å². The number of rotatable bonds is 6. The van der Waals surface area contributed by atoms with E-state index in [1.165, 1.54) is 25.3 Å². The lowest BCUT2D eigenvalue weighted by molar-refractivity contribution is -0.123. The second kappa shape index (κ2) is 10.3. The molecule has 1 fully saturated rings. The van der Waals surface area contributed by atoms with E-state index >= 15 is 0 Å². The fraction of sp³-hybridized carbons (Fsp3) is 0.0833. The second-order valence-electron chi connectivity index (χ2n) is 7.22. The number of nitrogens with zero attached hydrogens (tertiary/aromatic N) is 1. The number of esters is 2. The van der Waals surface area contributed by atoms with E-state index in [4.69, 9.17) is 9.15 Å². The van der Waals surface area contributed by atoms with Crippen molar-refractivity contribution in [2.75, 3.05) is 7.11 Å². The Kier molecular flexibility index (Phi) is 7.17. The quantitative estimate of drug-likeness (QED) is 0.184. The Hall–Kier alpha value is -3.70. The van der Waals surface area contributed by atoms with E-state index in [0.29, 0.717) is 15.6 Å². The number of amides is 3. The number of methoxy groups -OCH3 is 1. The molecule has 178 valence electrons. The fourth-order valence-electron chi connectivity index (χ4n) is 3.17. The van der Waals surface area contributed by atoms with Gasteiger partial charge in [0.1, 0.15) is 17.2 Å². The Morgan fingerprint density at radius 3 is 2.43 bits per heavy atom. The molecular weight excluding hydrogens is 588 g/mol. The summed E-state index contributed by atoms with van der Waals surface area (Å²) in [6.07, 6.45) is 1.41. The normalized spacial score (nSPS) is 14.3. The number of urea groups is 1. The summed E-state index contributed by atoms with van der Waals surface area (Å²) in [4.78, 5) is 50.4. The predicted molar refractivity (Wildman–Crippen MR) is 130 cm³/mol. The predicted octanol–water partition coefficient (Wildman–Crippen LogP) is 4.90. The van der Waals surface area contributed by atoms with E-state index in [2.05, 4.69) is 41.9 Å². The lowest BCUT2D eigenvalue weighted by atomic mass is 10.1. The van der Waals surface area contributed by atoms with Gasteiger partial charge in [-0.15, -0.1) is 0 Å². The SMILES string of the molecule is COC(=O)c1ccc(CN2C(=O)N/C(=C/c3cc(Br)ccc3OC(=O)c3ccc(Br)cc3)C2=O)o1. The van der Waals surface area contributed by atoms with Gasteiger partial charge in [-0.1, -0.05) is 31.9 Å². The number of ether oxygens (including phenoxy) is 2. The summed E-state index contributed by atoms with van der Waals surface area (Å²) in [5.41, 5.74) is 0.714. The number of hydrogen-bond acceptors (Lipinski definition) is 7. The minimum Gasteiger partial charge on any atom is -0.463 e. The van der Waals surface area contributed by atoms with Gasteiger partial charge in [0.15, 0.2) is 0 Å². The van der Waals surface area contributed by atoms with E-state index in [0.717, 1.165) is 9.37 Å². The lowest BCUT2D eigenvalue weighted by Crippen LogP contribution is -2.30. The average molecular weight is 604 g/mol. The van der Waals surface area contributed by atoms with Crippen molar-refractivity contribution in [1.82, 2.24) is 10.2 Å². The number of carbonyl (C=O) groups is 4. The molecule has 4 rings (SSSR count). The van der Waals surface area contributed by atoms with E-state index in [-0.39, 0.29) is 29.5 Å². The van der Waals surface area contributed by atoms with Crippen LogP contribution in [0, 0.1) is 0 Å². The molecule has 11 heteroatoms. The molecule has 1 aromatic heterocycles. The number of halogens is 2. The van der Waals surface area contributed by atoms with Crippen LogP contribution in [-0.2, 0) is 16.1 Å². The zero-order chi connectivity index (χ0) is 25.1. The highest BCUT2D eigenvalue weighted by molar-refractivity contribution is 9.10. The Morgan fingerprint density at radius 1 is 1.00 bits per heavy atom.